The SMILES string of the molecule is CCCOC(=O)c1ccc2ccccc2c1C1CC2CC1C1C3C=CC(C3)C21. The molecule has 0 N–H and O–H groups in total. The molecule has 3 fully saturated rings. The van der Waals surface area contributed by atoms with Gasteiger partial charge in [0, 0.05) is 0 Å². The van der Waals surface area contributed by atoms with Crippen LogP contribution in [0.4, 0.5) is 0 Å². The Kier molecular flexibility index (Phi) is 3.73. The number of hydrogen-bond donors (Lipinski definition) is 0. The van der Waals surface area contributed by atoms with Gasteiger partial charge in [-0.1, -0.05) is 49.4 Å². The van der Waals surface area contributed by atoms with Crippen molar-refractivity contribution in [3.05, 3.63) is 59.7 Å². The molecule has 0 amide bonds. The molecule has 0 saturated heterocycles. The van der Waals surface area contributed by atoms with Gasteiger partial charge in [0.05, 0.1) is 12.2 Å². The number of allylic oxidation sites excluding steroid dienone is 2. The second kappa shape index (κ2) is 6.20. The summed E-state index contributed by atoms with van der Waals surface area (Å²) in [6.07, 6.45) is 9.88. The molecule has 2 aromatic carbocycles. The number of benzene rings is 2. The Morgan fingerprint density at radius 1 is 1.00 bits per heavy atom. The Balaban J connectivity index is 1.45. The smallest absolute Gasteiger partial charge is 0.338 e. The third-order valence-corrected chi connectivity index (χ3v) is 8.27. The molecule has 28 heavy (non-hydrogen) atoms. The molecular formula is C26H28O2. The highest BCUT2D eigenvalue weighted by molar-refractivity contribution is 5.99. The van der Waals surface area contributed by atoms with Crippen molar-refractivity contribution in [2.45, 2.75) is 38.5 Å². The van der Waals surface area contributed by atoms with Crippen LogP contribution in [0.15, 0.2) is 48.6 Å². The summed E-state index contributed by atoms with van der Waals surface area (Å²) in [7, 11) is 0. The molecule has 7 unspecified atom stereocenters. The van der Waals surface area contributed by atoms with Crippen molar-refractivity contribution in [1.29, 1.82) is 0 Å². The molecule has 4 aliphatic rings. The van der Waals surface area contributed by atoms with Gasteiger partial charge in [0.25, 0.3) is 0 Å². The highest BCUT2D eigenvalue weighted by Crippen LogP contribution is 2.69. The van der Waals surface area contributed by atoms with Crippen LogP contribution in [0.3, 0.4) is 0 Å². The average Bonchev–Trinajstić information content (AvgIpc) is 3.50. The highest BCUT2D eigenvalue weighted by Gasteiger charge is 2.61. The first-order chi connectivity index (χ1) is 13.8. The van der Waals surface area contributed by atoms with Gasteiger partial charge in [-0.3, -0.25) is 0 Å². The van der Waals surface area contributed by atoms with E-state index in [1.165, 1.54) is 35.6 Å². The molecule has 0 spiro atoms. The van der Waals surface area contributed by atoms with Gasteiger partial charge in [-0.15, -0.1) is 0 Å². The molecule has 0 aliphatic heterocycles. The zero-order valence-electron chi connectivity index (χ0n) is 16.5. The topological polar surface area (TPSA) is 26.3 Å². The largest absolute Gasteiger partial charge is 0.462 e. The summed E-state index contributed by atoms with van der Waals surface area (Å²) < 4.78 is 5.59. The maximum absolute atomic E-state index is 13.0. The molecule has 4 aliphatic carbocycles. The lowest BCUT2D eigenvalue weighted by molar-refractivity contribution is 0.0502. The van der Waals surface area contributed by atoms with E-state index in [1.54, 1.807) is 0 Å². The van der Waals surface area contributed by atoms with Gasteiger partial charge in [-0.05, 0) is 89.5 Å². The van der Waals surface area contributed by atoms with Crippen LogP contribution in [-0.2, 0) is 4.74 Å². The Hall–Kier alpha value is -2.09. The number of hydrogen-bond acceptors (Lipinski definition) is 2. The Morgan fingerprint density at radius 2 is 1.82 bits per heavy atom. The number of carbonyl (C=O) groups excluding carboxylic acids is 1. The first kappa shape index (κ1) is 16.8. The third-order valence-electron chi connectivity index (χ3n) is 8.27. The second-order valence-corrected chi connectivity index (χ2v) is 9.49. The van der Waals surface area contributed by atoms with Gasteiger partial charge < -0.3 is 4.74 Å². The van der Waals surface area contributed by atoms with Crippen LogP contribution in [0, 0.1) is 35.5 Å². The van der Waals surface area contributed by atoms with E-state index in [-0.39, 0.29) is 5.97 Å². The lowest BCUT2D eigenvalue weighted by Gasteiger charge is -2.37. The monoisotopic (exact) mass is 372 g/mol. The van der Waals surface area contributed by atoms with Crippen molar-refractivity contribution in [2.24, 2.45) is 35.5 Å². The van der Waals surface area contributed by atoms with Crippen LogP contribution >= 0.6 is 0 Å². The zero-order valence-corrected chi connectivity index (χ0v) is 16.5. The minimum atomic E-state index is -0.130. The minimum Gasteiger partial charge on any atom is -0.462 e. The number of esters is 1. The molecular weight excluding hydrogens is 344 g/mol. The van der Waals surface area contributed by atoms with E-state index in [1.807, 2.05) is 13.0 Å². The van der Waals surface area contributed by atoms with Crippen molar-refractivity contribution < 1.29 is 9.53 Å². The number of fused-ring (bicyclic) bond motifs is 10. The Bertz CT molecular complexity index is 974. The first-order valence-corrected chi connectivity index (χ1v) is 11.1. The van der Waals surface area contributed by atoms with Crippen LogP contribution in [0.5, 0.6) is 0 Å². The van der Waals surface area contributed by atoms with Crippen molar-refractivity contribution in [3.8, 4) is 0 Å². The molecule has 0 heterocycles. The molecule has 3 saturated carbocycles. The first-order valence-electron chi connectivity index (χ1n) is 11.1. The second-order valence-electron chi connectivity index (χ2n) is 9.49. The molecule has 0 radical (unpaired) electrons. The highest BCUT2D eigenvalue weighted by atomic mass is 16.5. The van der Waals surface area contributed by atoms with Gasteiger partial charge >= 0.3 is 5.97 Å². The lowest BCUT2D eigenvalue weighted by atomic mass is 9.67. The summed E-state index contributed by atoms with van der Waals surface area (Å²) in [6.45, 7) is 2.55. The lowest BCUT2D eigenvalue weighted by Crippen LogP contribution is -2.30. The Morgan fingerprint density at radius 3 is 2.68 bits per heavy atom. The zero-order chi connectivity index (χ0) is 18.8. The van der Waals surface area contributed by atoms with E-state index in [0.29, 0.717) is 12.5 Å². The predicted octanol–water partition coefficient (Wildman–Crippen LogP) is 5.97. The van der Waals surface area contributed by atoms with Crippen LogP contribution in [-0.4, -0.2) is 12.6 Å². The molecule has 144 valence electrons. The summed E-state index contributed by atoms with van der Waals surface area (Å²) in [5.41, 5.74) is 2.11. The molecule has 2 heteroatoms. The standard InChI is InChI=1S/C26H28O2/c1-2-11-28-26(27)20-10-9-15-5-3-4-6-19(15)25(20)22-14-18-13-21(22)24-17-8-7-16(12-17)23(18)24/h3-10,16-18,21-24H,2,11-14H2,1H3. The van der Waals surface area contributed by atoms with Gasteiger partial charge in [0.2, 0.25) is 0 Å². The van der Waals surface area contributed by atoms with Gasteiger partial charge in [0.1, 0.15) is 0 Å². The van der Waals surface area contributed by atoms with Crippen LogP contribution in [0.2, 0.25) is 0 Å². The van der Waals surface area contributed by atoms with Crippen molar-refractivity contribution in [2.75, 3.05) is 6.61 Å². The van der Waals surface area contributed by atoms with E-state index in [4.69, 9.17) is 4.74 Å². The van der Waals surface area contributed by atoms with Gasteiger partial charge in [-0.2, -0.15) is 0 Å². The van der Waals surface area contributed by atoms with Crippen LogP contribution < -0.4 is 0 Å². The number of carbonyl (C=O) groups is 1. The molecule has 7 atom stereocenters. The summed E-state index contributed by atoms with van der Waals surface area (Å²) in [6, 6.07) is 12.7. The average molecular weight is 373 g/mol. The fourth-order valence-electron chi connectivity index (χ4n) is 7.49. The van der Waals surface area contributed by atoms with E-state index >= 15 is 0 Å². The normalized spacial score (nSPS) is 37.0. The van der Waals surface area contributed by atoms with Gasteiger partial charge in [-0.25, -0.2) is 4.79 Å². The quantitative estimate of drug-likeness (QED) is 0.375. The third kappa shape index (κ3) is 2.24. The van der Waals surface area contributed by atoms with Crippen molar-refractivity contribution in [3.63, 3.8) is 0 Å². The maximum Gasteiger partial charge on any atom is 0.338 e. The van der Waals surface area contributed by atoms with E-state index < -0.39 is 0 Å². The van der Waals surface area contributed by atoms with E-state index in [9.17, 15) is 4.79 Å². The summed E-state index contributed by atoms with van der Waals surface area (Å²) in [4.78, 5) is 13.0. The fraction of sp³-hybridized carbons (Fsp3) is 0.500. The van der Waals surface area contributed by atoms with Gasteiger partial charge in [0.15, 0.2) is 0 Å². The van der Waals surface area contributed by atoms with Crippen LogP contribution in [0.1, 0.15) is 54.4 Å². The summed E-state index contributed by atoms with van der Waals surface area (Å²) >= 11 is 0. The summed E-state index contributed by atoms with van der Waals surface area (Å²) in [5.74, 6) is 5.35. The van der Waals surface area contributed by atoms with E-state index in [2.05, 4.69) is 42.5 Å². The number of rotatable bonds is 4. The minimum absolute atomic E-state index is 0.130. The fourth-order valence-corrected chi connectivity index (χ4v) is 7.49. The summed E-state index contributed by atoms with van der Waals surface area (Å²) in [5, 5.41) is 2.51. The molecule has 2 aromatic rings. The maximum atomic E-state index is 13.0. The molecule has 2 nitrogen and oxygen atoms in total. The van der Waals surface area contributed by atoms with Crippen LogP contribution in [0.25, 0.3) is 10.8 Å². The van der Waals surface area contributed by atoms with Crippen molar-refractivity contribution in [1.82, 2.24) is 0 Å². The molecule has 0 aromatic heterocycles. The molecule has 4 bridgehead atoms. The number of ether oxygens (including phenoxy) is 1. The predicted molar refractivity (Wildman–Crippen MR) is 111 cm³/mol. The van der Waals surface area contributed by atoms with Crippen molar-refractivity contribution >= 4 is 16.7 Å². The van der Waals surface area contributed by atoms with E-state index in [0.717, 1.165) is 47.5 Å². The Labute approximate surface area is 167 Å². The molecule has 6 rings (SSSR count).